The molecule has 0 amide bonds. The predicted molar refractivity (Wildman–Crippen MR) is 98.8 cm³/mol. The molecule has 0 spiro atoms. The van der Waals surface area contributed by atoms with Crippen molar-refractivity contribution in [1.82, 2.24) is 0 Å². The van der Waals surface area contributed by atoms with Crippen LogP contribution in [0.5, 0.6) is 11.5 Å². The van der Waals surface area contributed by atoms with Gasteiger partial charge in [0.25, 0.3) is 0 Å². The number of aryl methyl sites for hydroxylation is 2. The van der Waals surface area contributed by atoms with Crippen LogP contribution in [0.4, 0.5) is 5.69 Å². The van der Waals surface area contributed by atoms with Gasteiger partial charge in [-0.25, -0.2) is 0 Å². The second-order valence-corrected chi connectivity index (χ2v) is 6.24. The van der Waals surface area contributed by atoms with Crippen LogP contribution < -0.4 is 20.5 Å². The number of hydrogen-bond acceptors (Lipinski definition) is 2. The SMILES string of the molecule is CC/C=c1/cc2c(cc1C)=C(C)c1cc(C)c(NCC)cc1O2. The van der Waals surface area contributed by atoms with Crippen LogP contribution in [0.15, 0.2) is 24.3 Å². The Bertz CT molecular complexity index is 878. The highest BCUT2D eigenvalue weighted by Gasteiger charge is 2.18. The van der Waals surface area contributed by atoms with Crippen molar-refractivity contribution < 1.29 is 4.74 Å². The summed E-state index contributed by atoms with van der Waals surface area (Å²) in [6.45, 7) is 11.7. The molecule has 0 bridgehead atoms. The summed E-state index contributed by atoms with van der Waals surface area (Å²) in [4.78, 5) is 0. The maximum atomic E-state index is 6.25. The van der Waals surface area contributed by atoms with Crippen LogP contribution in [0.3, 0.4) is 0 Å². The van der Waals surface area contributed by atoms with Crippen LogP contribution in [-0.2, 0) is 0 Å². The van der Waals surface area contributed by atoms with Crippen LogP contribution >= 0.6 is 0 Å². The van der Waals surface area contributed by atoms with E-state index in [0.29, 0.717) is 0 Å². The maximum absolute atomic E-state index is 6.25. The number of benzene rings is 2. The minimum Gasteiger partial charge on any atom is -0.456 e. The normalized spacial score (nSPS) is 13.4. The largest absolute Gasteiger partial charge is 0.456 e. The monoisotopic (exact) mass is 307 g/mol. The molecular weight excluding hydrogens is 282 g/mol. The van der Waals surface area contributed by atoms with E-state index in [1.807, 2.05) is 0 Å². The van der Waals surface area contributed by atoms with Crippen LogP contribution in [0.1, 0.15) is 43.9 Å². The van der Waals surface area contributed by atoms with Gasteiger partial charge in [0.15, 0.2) is 0 Å². The number of fused-ring (bicyclic) bond motifs is 2. The Labute approximate surface area is 138 Å². The fourth-order valence-corrected chi connectivity index (χ4v) is 3.23. The van der Waals surface area contributed by atoms with Gasteiger partial charge in [0.1, 0.15) is 11.5 Å². The second-order valence-electron chi connectivity index (χ2n) is 6.24. The highest BCUT2D eigenvalue weighted by Crippen LogP contribution is 2.36. The summed E-state index contributed by atoms with van der Waals surface area (Å²) in [6, 6.07) is 8.78. The smallest absolute Gasteiger partial charge is 0.137 e. The summed E-state index contributed by atoms with van der Waals surface area (Å²) >= 11 is 0. The van der Waals surface area contributed by atoms with E-state index in [0.717, 1.165) is 30.2 Å². The first-order chi connectivity index (χ1) is 11.0. The maximum Gasteiger partial charge on any atom is 0.137 e. The molecule has 0 saturated heterocycles. The lowest BCUT2D eigenvalue weighted by atomic mass is 9.96. The van der Waals surface area contributed by atoms with E-state index in [4.69, 9.17) is 4.74 Å². The zero-order chi connectivity index (χ0) is 16.6. The van der Waals surface area contributed by atoms with Crippen LogP contribution in [0.25, 0.3) is 11.6 Å². The molecule has 2 heteroatoms. The van der Waals surface area contributed by atoms with Crippen LogP contribution in [-0.4, -0.2) is 6.54 Å². The van der Waals surface area contributed by atoms with Gasteiger partial charge in [0.05, 0.1) is 0 Å². The summed E-state index contributed by atoms with van der Waals surface area (Å²) in [5.74, 6) is 1.91. The number of ether oxygens (including phenoxy) is 1. The minimum absolute atomic E-state index is 0.910. The molecule has 3 rings (SSSR count). The molecule has 0 fully saturated rings. The molecule has 0 radical (unpaired) electrons. The lowest BCUT2D eigenvalue weighted by molar-refractivity contribution is 0.471. The summed E-state index contributed by atoms with van der Waals surface area (Å²) in [6.07, 6.45) is 3.28. The minimum atomic E-state index is 0.910. The summed E-state index contributed by atoms with van der Waals surface area (Å²) in [7, 11) is 0. The van der Waals surface area contributed by atoms with Crippen LogP contribution in [0.2, 0.25) is 0 Å². The Morgan fingerprint density at radius 2 is 1.74 bits per heavy atom. The highest BCUT2D eigenvalue weighted by atomic mass is 16.5. The van der Waals surface area contributed by atoms with Gasteiger partial charge in [-0.05, 0) is 74.2 Å². The third kappa shape index (κ3) is 2.74. The van der Waals surface area contributed by atoms with Gasteiger partial charge in [-0.3, -0.25) is 0 Å². The standard InChI is InChI=1S/C21H25NO/c1-6-8-16-11-20-17(9-13(16)3)15(5)18-10-14(4)19(22-7-2)12-21(18)23-20/h8-12,22H,6-7H2,1-5H3/b16-8-. The van der Waals surface area contributed by atoms with Crippen molar-refractivity contribution in [3.8, 4) is 11.5 Å². The first-order valence-electron chi connectivity index (χ1n) is 8.43. The van der Waals surface area contributed by atoms with Crippen molar-refractivity contribution in [2.45, 2.75) is 41.0 Å². The van der Waals surface area contributed by atoms with Gasteiger partial charge in [-0.2, -0.15) is 0 Å². The number of rotatable bonds is 3. The molecule has 2 nitrogen and oxygen atoms in total. The van der Waals surface area contributed by atoms with Gasteiger partial charge >= 0.3 is 0 Å². The Morgan fingerprint density at radius 1 is 0.957 bits per heavy atom. The molecule has 0 saturated carbocycles. The van der Waals surface area contributed by atoms with Crippen molar-refractivity contribution in [2.24, 2.45) is 0 Å². The molecule has 1 heterocycles. The zero-order valence-electron chi connectivity index (χ0n) is 14.7. The summed E-state index contributed by atoms with van der Waals surface area (Å²) in [5, 5.41) is 5.88. The lowest BCUT2D eigenvalue weighted by Crippen LogP contribution is -2.20. The average Bonchev–Trinajstić information content (AvgIpc) is 2.52. The third-order valence-electron chi connectivity index (χ3n) is 4.51. The number of anilines is 1. The predicted octanol–water partition coefficient (Wildman–Crippen LogP) is 4.25. The molecule has 0 aromatic heterocycles. The van der Waals surface area contributed by atoms with Gasteiger partial charge in [-0.1, -0.05) is 13.0 Å². The lowest BCUT2D eigenvalue weighted by Gasteiger charge is -2.21. The molecule has 23 heavy (non-hydrogen) atoms. The molecule has 120 valence electrons. The highest BCUT2D eigenvalue weighted by molar-refractivity contribution is 5.76. The van der Waals surface area contributed by atoms with Gasteiger partial charge in [0, 0.05) is 29.1 Å². The fourth-order valence-electron chi connectivity index (χ4n) is 3.23. The van der Waals surface area contributed by atoms with E-state index in [-0.39, 0.29) is 0 Å². The van der Waals surface area contributed by atoms with E-state index in [9.17, 15) is 0 Å². The van der Waals surface area contributed by atoms with Crippen molar-refractivity contribution in [3.05, 3.63) is 51.4 Å². The van der Waals surface area contributed by atoms with Crippen LogP contribution in [0, 0.1) is 13.8 Å². The molecule has 0 unspecified atom stereocenters. The average molecular weight is 307 g/mol. The van der Waals surface area contributed by atoms with Gasteiger partial charge < -0.3 is 10.1 Å². The Morgan fingerprint density at radius 3 is 2.43 bits per heavy atom. The van der Waals surface area contributed by atoms with Crippen molar-refractivity contribution in [3.63, 3.8) is 0 Å². The molecule has 0 aliphatic carbocycles. The molecule has 1 N–H and O–H groups in total. The fraction of sp³-hybridized carbons (Fsp3) is 0.333. The van der Waals surface area contributed by atoms with E-state index >= 15 is 0 Å². The topological polar surface area (TPSA) is 21.3 Å². The molecular formula is C21H25NO. The summed E-state index contributed by atoms with van der Waals surface area (Å²) < 4.78 is 6.25. The molecule has 1 aliphatic heterocycles. The van der Waals surface area contributed by atoms with Gasteiger partial charge in [-0.15, -0.1) is 0 Å². The molecule has 2 aromatic rings. The second kappa shape index (κ2) is 6.11. The molecule has 0 atom stereocenters. The number of nitrogens with one attached hydrogen (secondary N) is 1. The van der Waals surface area contributed by atoms with E-state index in [1.165, 1.54) is 32.7 Å². The number of hydrogen-bond donors (Lipinski definition) is 1. The van der Waals surface area contributed by atoms with E-state index in [2.05, 4.69) is 70.3 Å². The van der Waals surface area contributed by atoms with Gasteiger partial charge in [0.2, 0.25) is 0 Å². The molecule has 1 aliphatic rings. The summed E-state index contributed by atoms with van der Waals surface area (Å²) in [5.41, 5.74) is 6.19. The van der Waals surface area contributed by atoms with Crippen molar-refractivity contribution >= 4 is 17.3 Å². The quantitative estimate of drug-likeness (QED) is 0.915. The van der Waals surface area contributed by atoms with Crippen molar-refractivity contribution in [2.75, 3.05) is 11.9 Å². The Balaban J connectivity index is 2.24. The van der Waals surface area contributed by atoms with Crippen molar-refractivity contribution in [1.29, 1.82) is 0 Å². The Hall–Kier alpha value is -2.22. The van der Waals surface area contributed by atoms with E-state index in [1.54, 1.807) is 0 Å². The first-order valence-corrected chi connectivity index (χ1v) is 8.43. The third-order valence-corrected chi connectivity index (χ3v) is 4.51. The molecule has 2 aromatic carbocycles. The Kier molecular flexibility index (Phi) is 4.16. The first kappa shape index (κ1) is 15.7. The van der Waals surface area contributed by atoms with E-state index < -0.39 is 0 Å². The zero-order valence-corrected chi connectivity index (χ0v) is 14.7.